The van der Waals surface area contributed by atoms with Crippen molar-refractivity contribution in [3.8, 4) is 28.3 Å². The van der Waals surface area contributed by atoms with Gasteiger partial charge in [-0.25, -0.2) is 9.18 Å². The van der Waals surface area contributed by atoms with Crippen LogP contribution in [-0.2, 0) is 6.54 Å². The molecule has 1 aromatic heterocycles. The zero-order chi connectivity index (χ0) is 31.5. The lowest BCUT2D eigenvalue weighted by Crippen LogP contribution is -2.27. The second-order valence-electron chi connectivity index (χ2n) is 10.8. The molecular weight excluding hydrogens is 567 g/mol. The number of amides is 1. The number of carbonyl (C=O) groups excluding carboxylic acids is 1. The van der Waals surface area contributed by atoms with Crippen LogP contribution in [0.4, 0.5) is 4.39 Å². The predicted octanol–water partition coefficient (Wildman–Crippen LogP) is 7.62. The number of fused-ring (bicyclic) bond motifs is 1. The van der Waals surface area contributed by atoms with E-state index in [2.05, 4.69) is 16.5 Å². The van der Waals surface area contributed by atoms with Crippen LogP contribution in [0, 0.1) is 17.1 Å². The van der Waals surface area contributed by atoms with Crippen LogP contribution in [0.3, 0.4) is 0 Å². The largest absolute Gasteiger partial charge is 0.478 e. The minimum atomic E-state index is -1.03. The Bertz CT molecular complexity index is 2100. The number of hydrogen-bond acceptors (Lipinski definition) is 4. The molecule has 0 unspecified atom stereocenters. The molecule has 0 saturated heterocycles. The molecular formula is C37H27FN4O3. The van der Waals surface area contributed by atoms with Crippen LogP contribution in [0.1, 0.15) is 50.4 Å². The van der Waals surface area contributed by atoms with E-state index in [0.717, 1.165) is 28.3 Å². The summed E-state index contributed by atoms with van der Waals surface area (Å²) in [5, 5.41) is 27.0. The third-order valence-corrected chi connectivity index (χ3v) is 7.71. The molecule has 2 N–H and O–H groups in total. The molecule has 0 saturated carbocycles. The van der Waals surface area contributed by atoms with Gasteiger partial charge < -0.3 is 10.4 Å². The van der Waals surface area contributed by atoms with Crippen LogP contribution in [-0.4, -0.2) is 26.8 Å². The number of nitrogens with one attached hydrogen (secondary N) is 1. The second kappa shape index (κ2) is 12.3. The number of carbonyl (C=O) groups is 2. The minimum absolute atomic E-state index is 0.152. The molecule has 5 aromatic carbocycles. The van der Waals surface area contributed by atoms with E-state index in [-0.39, 0.29) is 17.0 Å². The maximum absolute atomic E-state index is 14.4. The first kappa shape index (κ1) is 29.0. The van der Waals surface area contributed by atoms with Crippen molar-refractivity contribution in [3.05, 3.63) is 149 Å². The van der Waals surface area contributed by atoms with Gasteiger partial charge in [-0.2, -0.15) is 10.4 Å². The highest BCUT2D eigenvalue weighted by Crippen LogP contribution is 2.31. The Morgan fingerprint density at radius 3 is 2.36 bits per heavy atom. The van der Waals surface area contributed by atoms with E-state index >= 15 is 0 Å². The normalized spacial score (nSPS) is 11.6. The minimum Gasteiger partial charge on any atom is -0.478 e. The highest BCUT2D eigenvalue weighted by molar-refractivity contribution is 6.07. The summed E-state index contributed by atoms with van der Waals surface area (Å²) in [6.45, 7) is 2.21. The number of carboxylic acid groups (broad SMARTS) is 1. The zero-order valence-corrected chi connectivity index (χ0v) is 24.2. The van der Waals surface area contributed by atoms with Crippen molar-refractivity contribution < 1.29 is 19.1 Å². The standard InChI is InChI=1S/C37H27FN4O3/c1-23(26-10-12-28(13-11-26)37(44)45)41-36(43)34-19-31(30-15-25(20-39)16-33(38)18-30)17-32-21-40-42(35(32)34)22-24-6-5-9-29(14-24)27-7-3-2-4-8-27/h2-19,21,23H,22H2,1H3,(H,41,43)(H,44,45)/t23-/m0/s1. The third-order valence-electron chi connectivity index (χ3n) is 7.71. The van der Waals surface area contributed by atoms with Crippen LogP contribution < -0.4 is 5.32 Å². The van der Waals surface area contributed by atoms with Gasteiger partial charge in [0.05, 0.1) is 47.1 Å². The van der Waals surface area contributed by atoms with Crippen molar-refractivity contribution in [2.75, 3.05) is 0 Å². The van der Waals surface area contributed by atoms with Crippen molar-refractivity contribution in [3.63, 3.8) is 0 Å². The number of rotatable bonds is 8. The van der Waals surface area contributed by atoms with Crippen LogP contribution in [0.5, 0.6) is 0 Å². The van der Waals surface area contributed by atoms with Gasteiger partial charge >= 0.3 is 5.97 Å². The molecule has 0 aliphatic heterocycles. The van der Waals surface area contributed by atoms with Crippen molar-refractivity contribution in [2.24, 2.45) is 0 Å². The quantitative estimate of drug-likeness (QED) is 0.189. The second-order valence-corrected chi connectivity index (χ2v) is 10.8. The molecule has 220 valence electrons. The summed E-state index contributed by atoms with van der Waals surface area (Å²) in [7, 11) is 0. The van der Waals surface area contributed by atoms with E-state index in [1.54, 1.807) is 35.1 Å². The molecule has 1 atom stereocenters. The summed E-state index contributed by atoms with van der Waals surface area (Å²) in [6, 6.07) is 33.6. The van der Waals surface area contributed by atoms with Crippen molar-refractivity contribution >= 4 is 22.8 Å². The summed E-state index contributed by atoms with van der Waals surface area (Å²) < 4.78 is 16.2. The summed E-state index contributed by atoms with van der Waals surface area (Å²) in [6.07, 6.45) is 1.68. The smallest absolute Gasteiger partial charge is 0.335 e. The fourth-order valence-corrected chi connectivity index (χ4v) is 5.44. The van der Waals surface area contributed by atoms with E-state index in [1.807, 2.05) is 67.6 Å². The molecule has 1 amide bonds. The lowest BCUT2D eigenvalue weighted by molar-refractivity contribution is 0.0696. The Labute approximate surface area is 258 Å². The van der Waals surface area contributed by atoms with Gasteiger partial charge in [-0.15, -0.1) is 0 Å². The van der Waals surface area contributed by atoms with E-state index in [9.17, 15) is 24.3 Å². The monoisotopic (exact) mass is 594 g/mol. The van der Waals surface area contributed by atoms with Crippen LogP contribution >= 0.6 is 0 Å². The maximum atomic E-state index is 14.4. The van der Waals surface area contributed by atoms with Crippen molar-refractivity contribution in [2.45, 2.75) is 19.5 Å². The van der Waals surface area contributed by atoms with Gasteiger partial charge in [0.2, 0.25) is 0 Å². The van der Waals surface area contributed by atoms with Crippen LogP contribution in [0.25, 0.3) is 33.2 Å². The first-order valence-electron chi connectivity index (χ1n) is 14.3. The molecule has 7 nitrogen and oxygen atoms in total. The molecule has 0 radical (unpaired) electrons. The number of hydrogen-bond donors (Lipinski definition) is 2. The molecule has 6 rings (SSSR count). The van der Waals surface area contributed by atoms with Crippen LogP contribution in [0.15, 0.2) is 115 Å². The molecule has 0 aliphatic rings. The van der Waals surface area contributed by atoms with Gasteiger partial charge in [0, 0.05) is 5.39 Å². The number of nitrogens with zero attached hydrogens (tertiary/aromatic N) is 3. The van der Waals surface area contributed by atoms with Gasteiger partial charge in [0.1, 0.15) is 5.82 Å². The molecule has 1 heterocycles. The SMILES string of the molecule is C[C@H](NC(=O)c1cc(-c2cc(F)cc(C#N)c2)cc2cnn(Cc3cccc(-c4ccccc4)c3)c12)c1ccc(C(=O)O)cc1. The van der Waals surface area contributed by atoms with Gasteiger partial charge in [-0.05, 0) is 88.8 Å². The number of aromatic nitrogens is 2. The topological polar surface area (TPSA) is 108 Å². The number of benzene rings is 5. The first-order chi connectivity index (χ1) is 21.8. The van der Waals surface area contributed by atoms with Gasteiger partial charge in [-0.1, -0.05) is 60.7 Å². The van der Waals surface area contributed by atoms with Gasteiger partial charge in [-0.3, -0.25) is 9.48 Å². The summed E-state index contributed by atoms with van der Waals surface area (Å²) in [5.41, 5.74) is 6.16. The highest BCUT2D eigenvalue weighted by atomic mass is 19.1. The Hall–Kier alpha value is -6.07. The average molecular weight is 595 g/mol. The Morgan fingerprint density at radius 2 is 1.62 bits per heavy atom. The lowest BCUT2D eigenvalue weighted by atomic mass is 9.98. The van der Waals surface area contributed by atoms with E-state index in [4.69, 9.17) is 0 Å². The van der Waals surface area contributed by atoms with E-state index in [0.29, 0.717) is 34.1 Å². The van der Waals surface area contributed by atoms with Crippen molar-refractivity contribution in [1.29, 1.82) is 5.26 Å². The third kappa shape index (κ3) is 6.19. The molecule has 0 bridgehead atoms. The first-order valence-corrected chi connectivity index (χ1v) is 14.3. The van der Waals surface area contributed by atoms with E-state index < -0.39 is 17.8 Å². The molecule has 45 heavy (non-hydrogen) atoms. The number of aromatic carboxylic acids is 1. The van der Waals surface area contributed by atoms with Crippen LogP contribution in [0.2, 0.25) is 0 Å². The lowest BCUT2D eigenvalue weighted by Gasteiger charge is -2.17. The Kier molecular flexibility index (Phi) is 7.91. The predicted molar refractivity (Wildman–Crippen MR) is 170 cm³/mol. The van der Waals surface area contributed by atoms with Gasteiger partial charge in [0.15, 0.2) is 0 Å². The Morgan fingerprint density at radius 1 is 0.889 bits per heavy atom. The molecule has 8 heteroatoms. The molecule has 6 aromatic rings. The molecule has 0 aliphatic carbocycles. The average Bonchev–Trinajstić information content (AvgIpc) is 3.46. The highest BCUT2D eigenvalue weighted by Gasteiger charge is 2.20. The number of nitriles is 1. The molecule has 0 spiro atoms. The number of carboxylic acids is 1. The van der Waals surface area contributed by atoms with Crippen molar-refractivity contribution in [1.82, 2.24) is 15.1 Å². The fraction of sp³-hybridized carbons (Fsp3) is 0.0811. The fourth-order valence-electron chi connectivity index (χ4n) is 5.44. The number of halogens is 1. The Balaban J connectivity index is 1.41. The summed E-state index contributed by atoms with van der Waals surface area (Å²) in [4.78, 5) is 25.2. The maximum Gasteiger partial charge on any atom is 0.335 e. The molecule has 0 fully saturated rings. The summed E-state index contributed by atoms with van der Waals surface area (Å²) in [5.74, 6) is -1.96. The van der Waals surface area contributed by atoms with Gasteiger partial charge in [0.25, 0.3) is 5.91 Å². The zero-order valence-electron chi connectivity index (χ0n) is 24.2. The summed E-state index contributed by atoms with van der Waals surface area (Å²) >= 11 is 0. The van der Waals surface area contributed by atoms with E-state index in [1.165, 1.54) is 18.2 Å².